The Bertz CT molecular complexity index is 623. The van der Waals surface area contributed by atoms with Crippen LogP contribution >= 0.6 is 15.9 Å². The van der Waals surface area contributed by atoms with Crippen molar-refractivity contribution in [3.63, 3.8) is 0 Å². The third kappa shape index (κ3) is 3.39. The zero-order valence-corrected chi connectivity index (χ0v) is 13.9. The summed E-state index contributed by atoms with van der Waals surface area (Å²) in [5.74, 6) is -0.0445. The number of carbonyl (C=O) groups excluding carboxylic acids is 1. The van der Waals surface area contributed by atoms with Crippen LogP contribution in [0.5, 0.6) is 0 Å². The molecule has 0 N–H and O–H groups in total. The van der Waals surface area contributed by atoms with Crippen LogP contribution in [0.25, 0.3) is 0 Å². The van der Waals surface area contributed by atoms with Crippen molar-refractivity contribution in [2.75, 3.05) is 32.4 Å². The van der Waals surface area contributed by atoms with Gasteiger partial charge in [-0.15, -0.1) is 0 Å². The summed E-state index contributed by atoms with van der Waals surface area (Å²) in [6, 6.07) is 5.60. The van der Waals surface area contributed by atoms with Crippen molar-refractivity contribution in [3.8, 4) is 0 Å². The fraction of sp³-hybridized carbons (Fsp3) is 0.462. The Morgan fingerprint density at radius 3 is 2.35 bits per heavy atom. The van der Waals surface area contributed by atoms with E-state index in [4.69, 9.17) is 0 Å². The van der Waals surface area contributed by atoms with Crippen molar-refractivity contribution >= 4 is 31.9 Å². The minimum atomic E-state index is -3.17. The van der Waals surface area contributed by atoms with E-state index >= 15 is 0 Å². The maximum absolute atomic E-state index is 12.5. The molecule has 0 unspecified atom stereocenters. The number of sulfonamides is 1. The van der Waals surface area contributed by atoms with Crippen molar-refractivity contribution < 1.29 is 13.2 Å². The zero-order chi connectivity index (χ0) is 14.9. The third-order valence-corrected chi connectivity index (χ3v) is 5.22. The lowest BCUT2D eigenvalue weighted by Crippen LogP contribution is -2.50. The van der Waals surface area contributed by atoms with Crippen LogP contribution in [0.15, 0.2) is 22.7 Å². The Kier molecular flexibility index (Phi) is 4.51. The number of aryl methyl sites for hydroxylation is 1. The summed E-state index contributed by atoms with van der Waals surface area (Å²) >= 11 is 3.37. The smallest absolute Gasteiger partial charge is 0.254 e. The zero-order valence-electron chi connectivity index (χ0n) is 11.5. The molecule has 1 saturated heterocycles. The Morgan fingerprint density at radius 1 is 1.20 bits per heavy atom. The van der Waals surface area contributed by atoms with Gasteiger partial charge >= 0.3 is 0 Å². The molecule has 0 bridgehead atoms. The molecule has 2 rings (SSSR count). The number of halogens is 1. The highest BCUT2D eigenvalue weighted by Crippen LogP contribution is 2.19. The van der Waals surface area contributed by atoms with E-state index < -0.39 is 10.0 Å². The predicted octanol–water partition coefficient (Wildman–Crippen LogP) is 1.47. The van der Waals surface area contributed by atoms with Gasteiger partial charge in [-0.25, -0.2) is 8.42 Å². The van der Waals surface area contributed by atoms with Gasteiger partial charge in [-0.3, -0.25) is 4.79 Å². The van der Waals surface area contributed by atoms with E-state index in [2.05, 4.69) is 15.9 Å². The second-order valence-electron chi connectivity index (χ2n) is 4.91. The lowest BCUT2D eigenvalue weighted by molar-refractivity contribution is 0.0697. The molecule has 7 heteroatoms. The maximum Gasteiger partial charge on any atom is 0.254 e. The van der Waals surface area contributed by atoms with Gasteiger partial charge in [0.2, 0.25) is 10.0 Å². The highest BCUT2D eigenvalue weighted by Gasteiger charge is 2.27. The van der Waals surface area contributed by atoms with Gasteiger partial charge in [0.25, 0.3) is 5.91 Å². The molecule has 110 valence electrons. The second-order valence-corrected chi connectivity index (χ2v) is 7.81. The molecule has 20 heavy (non-hydrogen) atoms. The van der Waals surface area contributed by atoms with Gasteiger partial charge in [0.05, 0.1) is 6.26 Å². The minimum absolute atomic E-state index is 0.0445. The van der Waals surface area contributed by atoms with E-state index in [-0.39, 0.29) is 5.91 Å². The van der Waals surface area contributed by atoms with Gasteiger partial charge in [0.15, 0.2) is 0 Å². The number of hydrogen-bond donors (Lipinski definition) is 0. The summed E-state index contributed by atoms with van der Waals surface area (Å²) in [6.07, 6.45) is 1.20. The van der Waals surface area contributed by atoms with Crippen molar-refractivity contribution in [2.45, 2.75) is 6.92 Å². The van der Waals surface area contributed by atoms with E-state index in [1.807, 2.05) is 19.1 Å². The molecule has 0 spiro atoms. The standard InChI is InChI=1S/C13H17BrN2O3S/c1-10-3-4-11(14)9-12(10)13(17)15-5-7-16(8-6-15)20(2,18)19/h3-4,9H,5-8H2,1-2H3. The second kappa shape index (κ2) is 5.83. The summed E-state index contributed by atoms with van der Waals surface area (Å²) in [5, 5.41) is 0. The largest absolute Gasteiger partial charge is 0.336 e. The van der Waals surface area contributed by atoms with Gasteiger partial charge < -0.3 is 4.90 Å². The molecule has 1 aromatic rings. The highest BCUT2D eigenvalue weighted by atomic mass is 79.9. The molecular formula is C13H17BrN2O3S. The number of amides is 1. The quantitative estimate of drug-likeness (QED) is 0.802. The van der Waals surface area contributed by atoms with Crippen LogP contribution in [0, 0.1) is 6.92 Å². The van der Waals surface area contributed by atoms with Crippen LogP contribution in [-0.2, 0) is 10.0 Å². The van der Waals surface area contributed by atoms with Crippen molar-refractivity contribution in [1.29, 1.82) is 0 Å². The van der Waals surface area contributed by atoms with Gasteiger partial charge in [-0.2, -0.15) is 4.31 Å². The molecule has 0 saturated carbocycles. The SMILES string of the molecule is Cc1ccc(Br)cc1C(=O)N1CCN(S(C)(=O)=O)CC1. The molecule has 1 aromatic carbocycles. The molecule has 0 aromatic heterocycles. The Labute approximate surface area is 127 Å². The topological polar surface area (TPSA) is 57.7 Å². The Balaban J connectivity index is 2.11. The average Bonchev–Trinajstić information content (AvgIpc) is 2.40. The minimum Gasteiger partial charge on any atom is -0.336 e. The number of piperazine rings is 1. The number of hydrogen-bond acceptors (Lipinski definition) is 3. The molecule has 5 nitrogen and oxygen atoms in total. The number of nitrogens with zero attached hydrogens (tertiary/aromatic N) is 2. The highest BCUT2D eigenvalue weighted by molar-refractivity contribution is 9.10. The van der Waals surface area contributed by atoms with Crippen LogP contribution in [0.4, 0.5) is 0 Å². The fourth-order valence-corrected chi connectivity index (χ4v) is 3.41. The first-order valence-electron chi connectivity index (χ1n) is 6.29. The van der Waals surface area contributed by atoms with E-state index in [0.29, 0.717) is 31.7 Å². The van der Waals surface area contributed by atoms with Gasteiger partial charge in [0, 0.05) is 36.2 Å². The maximum atomic E-state index is 12.5. The first-order chi connectivity index (χ1) is 9.29. The van der Waals surface area contributed by atoms with Gasteiger partial charge in [-0.1, -0.05) is 22.0 Å². The Hall–Kier alpha value is -0.920. The summed E-state index contributed by atoms with van der Waals surface area (Å²) < 4.78 is 25.2. The number of benzene rings is 1. The monoisotopic (exact) mass is 360 g/mol. The van der Waals surface area contributed by atoms with Crippen LogP contribution in [0.2, 0.25) is 0 Å². The molecule has 1 aliphatic heterocycles. The van der Waals surface area contributed by atoms with Crippen molar-refractivity contribution in [2.24, 2.45) is 0 Å². The lowest BCUT2D eigenvalue weighted by atomic mass is 10.1. The van der Waals surface area contributed by atoms with Crippen LogP contribution in [0.1, 0.15) is 15.9 Å². The summed E-state index contributed by atoms with van der Waals surface area (Å²) in [7, 11) is -3.17. The first-order valence-corrected chi connectivity index (χ1v) is 8.94. The van der Waals surface area contributed by atoms with Crippen molar-refractivity contribution in [1.82, 2.24) is 9.21 Å². The van der Waals surface area contributed by atoms with Gasteiger partial charge in [0.1, 0.15) is 0 Å². The molecule has 1 heterocycles. The predicted molar refractivity (Wildman–Crippen MR) is 81.2 cm³/mol. The van der Waals surface area contributed by atoms with E-state index in [0.717, 1.165) is 10.0 Å². The van der Waals surface area contributed by atoms with Gasteiger partial charge in [-0.05, 0) is 24.6 Å². The summed E-state index contributed by atoms with van der Waals surface area (Å²) in [4.78, 5) is 14.2. The molecule has 1 aliphatic rings. The molecule has 0 aliphatic carbocycles. The van der Waals surface area contributed by atoms with E-state index in [1.54, 1.807) is 11.0 Å². The van der Waals surface area contributed by atoms with Crippen LogP contribution in [-0.4, -0.2) is 56.0 Å². The van der Waals surface area contributed by atoms with E-state index in [9.17, 15) is 13.2 Å². The average molecular weight is 361 g/mol. The normalized spacial score (nSPS) is 17.2. The molecular weight excluding hydrogens is 344 g/mol. The van der Waals surface area contributed by atoms with Crippen LogP contribution < -0.4 is 0 Å². The first kappa shape index (κ1) is 15.5. The Morgan fingerprint density at radius 2 is 1.80 bits per heavy atom. The molecule has 0 atom stereocenters. The number of rotatable bonds is 2. The van der Waals surface area contributed by atoms with Crippen molar-refractivity contribution in [3.05, 3.63) is 33.8 Å². The number of carbonyl (C=O) groups is 1. The molecule has 0 radical (unpaired) electrons. The summed E-state index contributed by atoms with van der Waals surface area (Å²) in [5.41, 5.74) is 1.58. The van der Waals surface area contributed by atoms with Crippen LogP contribution in [0.3, 0.4) is 0 Å². The molecule has 1 amide bonds. The fourth-order valence-electron chi connectivity index (χ4n) is 2.22. The lowest BCUT2D eigenvalue weighted by Gasteiger charge is -2.33. The summed E-state index contributed by atoms with van der Waals surface area (Å²) in [6.45, 7) is 3.47. The molecule has 1 fully saturated rings. The van der Waals surface area contributed by atoms with E-state index in [1.165, 1.54) is 10.6 Å². The third-order valence-electron chi connectivity index (χ3n) is 3.42.